The van der Waals surface area contributed by atoms with Crippen molar-refractivity contribution in [1.29, 1.82) is 0 Å². The lowest BCUT2D eigenvalue weighted by atomic mass is 10.1. The molecule has 0 bridgehead atoms. The summed E-state index contributed by atoms with van der Waals surface area (Å²) < 4.78 is 0. The average Bonchev–Trinajstić information content (AvgIpc) is 2.26. The highest BCUT2D eigenvalue weighted by Gasteiger charge is 2.25. The highest BCUT2D eigenvalue weighted by atomic mass is 32.2. The monoisotopic (exact) mass is 230 g/mol. The summed E-state index contributed by atoms with van der Waals surface area (Å²) in [5, 5.41) is 3.25. The first-order valence-corrected chi connectivity index (χ1v) is 7.05. The Morgan fingerprint density at radius 3 is 3.00 bits per heavy atom. The van der Waals surface area contributed by atoms with Crippen molar-refractivity contribution in [3.8, 4) is 0 Å². The van der Waals surface area contributed by atoms with E-state index in [1.165, 1.54) is 11.5 Å². The van der Waals surface area contributed by atoms with Gasteiger partial charge in [-0.2, -0.15) is 11.8 Å². The molecule has 0 aliphatic carbocycles. The molecule has 4 heteroatoms. The number of rotatable bonds is 6. The third-order valence-corrected chi connectivity index (χ3v) is 3.70. The molecule has 88 valence electrons. The highest BCUT2D eigenvalue weighted by Crippen LogP contribution is 2.07. The predicted molar refractivity (Wildman–Crippen MR) is 66.3 cm³/mol. The fourth-order valence-electron chi connectivity index (χ4n) is 1.83. The third-order valence-electron chi connectivity index (χ3n) is 2.71. The van der Waals surface area contributed by atoms with Gasteiger partial charge < -0.3 is 10.2 Å². The van der Waals surface area contributed by atoms with E-state index in [1.807, 2.05) is 16.7 Å². The van der Waals surface area contributed by atoms with Crippen LogP contribution in [0.1, 0.15) is 26.7 Å². The summed E-state index contributed by atoms with van der Waals surface area (Å²) in [6, 6.07) is 0.0672. The largest absolute Gasteiger partial charge is 0.340 e. The molecule has 1 heterocycles. The van der Waals surface area contributed by atoms with Crippen LogP contribution in [0.4, 0.5) is 0 Å². The summed E-state index contributed by atoms with van der Waals surface area (Å²) >= 11 is 1.95. The van der Waals surface area contributed by atoms with Crippen LogP contribution >= 0.6 is 11.8 Å². The lowest BCUT2D eigenvalue weighted by Gasteiger charge is -2.32. The number of nitrogens with one attached hydrogen (secondary N) is 1. The molecule has 0 aromatic heterocycles. The van der Waals surface area contributed by atoms with Crippen LogP contribution in [-0.4, -0.2) is 48.0 Å². The zero-order valence-electron chi connectivity index (χ0n) is 9.79. The van der Waals surface area contributed by atoms with Crippen LogP contribution in [0.5, 0.6) is 0 Å². The first-order chi connectivity index (χ1) is 7.29. The Labute approximate surface area is 97.0 Å². The van der Waals surface area contributed by atoms with Crippen molar-refractivity contribution in [2.45, 2.75) is 32.7 Å². The Bertz CT molecular complexity index is 199. The molecule has 1 aliphatic rings. The van der Waals surface area contributed by atoms with Crippen LogP contribution in [-0.2, 0) is 4.79 Å². The summed E-state index contributed by atoms with van der Waals surface area (Å²) in [5.74, 6) is 2.64. The van der Waals surface area contributed by atoms with Crippen molar-refractivity contribution in [3.05, 3.63) is 0 Å². The summed E-state index contributed by atoms with van der Waals surface area (Å²) in [6.07, 6.45) is 2.03. The van der Waals surface area contributed by atoms with E-state index in [9.17, 15) is 4.79 Å². The quantitative estimate of drug-likeness (QED) is 0.699. The van der Waals surface area contributed by atoms with E-state index < -0.39 is 0 Å². The molecule has 0 aromatic carbocycles. The van der Waals surface area contributed by atoms with E-state index in [0.29, 0.717) is 5.91 Å². The molecule has 1 amide bonds. The van der Waals surface area contributed by atoms with Crippen LogP contribution in [0.25, 0.3) is 0 Å². The Kier molecular flexibility index (Phi) is 6.10. The molecule has 1 N–H and O–H groups in total. The van der Waals surface area contributed by atoms with Crippen LogP contribution in [0.15, 0.2) is 0 Å². The van der Waals surface area contributed by atoms with Crippen LogP contribution in [0, 0.1) is 0 Å². The lowest BCUT2D eigenvalue weighted by Crippen LogP contribution is -2.54. The number of piperazine rings is 1. The van der Waals surface area contributed by atoms with E-state index in [1.54, 1.807) is 0 Å². The van der Waals surface area contributed by atoms with Gasteiger partial charge in [0.1, 0.15) is 0 Å². The van der Waals surface area contributed by atoms with Gasteiger partial charge in [-0.15, -0.1) is 0 Å². The van der Waals surface area contributed by atoms with Gasteiger partial charge in [-0.1, -0.05) is 13.8 Å². The van der Waals surface area contributed by atoms with Crippen molar-refractivity contribution in [2.24, 2.45) is 0 Å². The number of carbonyl (C=O) groups is 1. The number of hydrogen-bond acceptors (Lipinski definition) is 3. The molecule has 1 aliphatic heterocycles. The van der Waals surface area contributed by atoms with Gasteiger partial charge in [-0.05, 0) is 24.3 Å². The predicted octanol–water partition coefficient (Wildman–Crippen LogP) is 1.34. The smallest absolute Gasteiger partial charge is 0.239 e. The molecule has 0 aromatic rings. The Morgan fingerprint density at radius 1 is 1.53 bits per heavy atom. The normalized spacial score (nSPS) is 22.1. The van der Waals surface area contributed by atoms with Gasteiger partial charge in [0.15, 0.2) is 0 Å². The van der Waals surface area contributed by atoms with Crippen LogP contribution < -0.4 is 5.32 Å². The Hall–Kier alpha value is -0.220. The fraction of sp³-hybridized carbons (Fsp3) is 0.909. The second kappa shape index (κ2) is 7.12. The summed E-state index contributed by atoms with van der Waals surface area (Å²) in [7, 11) is 0. The second-order valence-corrected chi connectivity index (χ2v) is 5.18. The SMILES string of the molecule is CCSCCCN1CCNC(CC)C1=O. The van der Waals surface area contributed by atoms with Gasteiger partial charge in [-0.3, -0.25) is 4.79 Å². The zero-order chi connectivity index (χ0) is 11.1. The Balaban J connectivity index is 2.24. The molecular weight excluding hydrogens is 208 g/mol. The minimum absolute atomic E-state index is 0.0672. The van der Waals surface area contributed by atoms with Crippen molar-refractivity contribution in [3.63, 3.8) is 0 Å². The summed E-state index contributed by atoms with van der Waals surface area (Å²) in [5.41, 5.74) is 0. The molecule has 0 saturated carbocycles. The van der Waals surface area contributed by atoms with Crippen molar-refractivity contribution in [1.82, 2.24) is 10.2 Å². The number of amides is 1. The van der Waals surface area contributed by atoms with E-state index >= 15 is 0 Å². The molecule has 1 saturated heterocycles. The van der Waals surface area contributed by atoms with E-state index in [4.69, 9.17) is 0 Å². The first kappa shape index (κ1) is 12.8. The molecule has 3 nitrogen and oxygen atoms in total. The van der Waals surface area contributed by atoms with E-state index in [-0.39, 0.29) is 6.04 Å². The zero-order valence-corrected chi connectivity index (χ0v) is 10.6. The maximum Gasteiger partial charge on any atom is 0.239 e. The minimum Gasteiger partial charge on any atom is -0.340 e. The molecule has 1 fully saturated rings. The van der Waals surface area contributed by atoms with Gasteiger partial charge in [0.05, 0.1) is 6.04 Å². The lowest BCUT2D eigenvalue weighted by molar-refractivity contribution is -0.135. The second-order valence-electron chi connectivity index (χ2n) is 3.79. The Morgan fingerprint density at radius 2 is 2.33 bits per heavy atom. The molecule has 0 spiro atoms. The van der Waals surface area contributed by atoms with Crippen LogP contribution in [0.2, 0.25) is 0 Å². The number of thioether (sulfide) groups is 1. The molecule has 1 unspecified atom stereocenters. The van der Waals surface area contributed by atoms with Crippen molar-refractivity contribution < 1.29 is 4.79 Å². The van der Waals surface area contributed by atoms with Gasteiger partial charge in [0.2, 0.25) is 5.91 Å². The molecular formula is C11H22N2OS. The van der Waals surface area contributed by atoms with Gasteiger partial charge >= 0.3 is 0 Å². The number of nitrogens with zero attached hydrogens (tertiary/aromatic N) is 1. The topological polar surface area (TPSA) is 32.3 Å². The van der Waals surface area contributed by atoms with E-state index in [0.717, 1.165) is 32.5 Å². The van der Waals surface area contributed by atoms with Gasteiger partial charge in [0.25, 0.3) is 0 Å². The van der Waals surface area contributed by atoms with Crippen molar-refractivity contribution >= 4 is 17.7 Å². The molecule has 0 radical (unpaired) electrons. The van der Waals surface area contributed by atoms with E-state index in [2.05, 4.69) is 19.2 Å². The third kappa shape index (κ3) is 4.03. The maximum absolute atomic E-state index is 11.9. The van der Waals surface area contributed by atoms with Crippen molar-refractivity contribution in [2.75, 3.05) is 31.1 Å². The number of carbonyl (C=O) groups excluding carboxylic acids is 1. The van der Waals surface area contributed by atoms with Gasteiger partial charge in [-0.25, -0.2) is 0 Å². The number of hydrogen-bond donors (Lipinski definition) is 1. The summed E-state index contributed by atoms with van der Waals surface area (Å²) in [6.45, 7) is 7.00. The fourth-order valence-corrected chi connectivity index (χ4v) is 2.46. The standard InChI is InChI=1S/C11H22N2OS/c1-3-10-11(14)13(8-6-12-10)7-5-9-15-4-2/h10,12H,3-9H2,1-2H3. The average molecular weight is 230 g/mol. The van der Waals surface area contributed by atoms with Crippen LogP contribution in [0.3, 0.4) is 0 Å². The minimum atomic E-state index is 0.0672. The maximum atomic E-state index is 11.9. The molecule has 1 rings (SSSR count). The summed E-state index contributed by atoms with van der Waals surface area (Å²) in [4.78, 5) is 13.9. The molecule has 15 heavy (non-hydrogen) atoms. The van der Waals surface area contributed by atoms with Gasteiger partial charge in [0, 0.05) is 19.6 Å². The highest BCUT2D eigenvalue weighted by molar-refractivity contribution is 7.99. The first-order valence-electron chi connectivity index (χ1n) is 5.89. The molecule has 1 atom stereocenters.